The first kappa shape index (κ1) is 18.0. The number of aryl methyl sites for hydroxylation is 1. The summed E-state index contributed by atoms with van der Waals surface area (Å²) >= 11 is 1.51. The van der Waals surface area contributed by atoms with Crippen LogP contribution in [0.4, 0.5) is 5.00 Å². The maximum Gasteiger partial charge on any atom is 0.254 e. The van der Waals surface area contributed by atoms with Crippen LogP contribution < -0.4 is 10.6 Å². The van der Waals surface area contributed by atoms with E-state index in [-0.39, 0.29) is 17.9 Å². The number of amides is 2. The Labute approximate surface area is 161 Å². The lowest BCUT2D eigenvalue weighted by Gasteiger charge is -2.12. The second-order valence-corrected chi connectivity index (χ2v) is 7.85. The van der Waals surface area contributed by atoms with Gasteiger partial charge >= 0.3 is 0 Å². The summed E-state index contributed by atoms with van der Waals surface area (Å²) in [5.41, 5.74) is 1.69. The number of carbonyl (C=O) groups is 2. The van der Waals surface area contributed by atoms with Crippen molar-refractivity contribution in [3.05, 3.63) is 46.2 Å². The molecule has 27 heavy (non-hydrogen) atoms. The van der Waals surface area contributed by atoms with Gasteiger partial charge in [-0.1, -0.05) is 0 Å². The van der Waals surface area contributed by atoms with Crippen molar-refractivity contribution in [3.8, 4) is 0 Å². The highest BCUT2D eigenvalue weighted by Crippen LogP contribution is 2.39. The topological polar surface area (TPSA) is 80.6 Å². The van der Waals surface area contributed by atoms with Gasteiger partial charge in [-0.25, -0.2) is 0 Å². The Balaban J connectivity index is 1.47. The first-order valence-corrected chi connectivity index (χ1v) is 10.1. The van der Waals surface area contributed by atoms with Crippen LogP contribution in [0.2, 0.25) is 0 Å². The number of ether oxygens (including phenoxy) is 1. The minimum Gasteiger partial charge on any atom is -0.465 e. The fourth-order valence-corrected chi connectivity index (χ4v) is 4.82. The van der Waals surface area contributed by atoms with Crippen LogP contribution in [0.25, 0.3) is 6.08 Å². The molecule has 0 radical (unpaired) electrons. The molecule has 2 aromatic heterocycles. The number of carbonyl (C=O) groups excluding carboxylic acids is 2. The highest BCUT2D eigenvalue weighted by atomic mass is 32.1. The van der Waals surface area contributed by atoms with Crippen LogP contribution in [0.3, 0.4) is 0 Å². The number of hydrogen-bond acceptors (Lipinski definition) is 5. The maximum absolute atomic E-state index is 12.8. The smallest absolute Gasteiger partial charge is 0.254 e. The monoisotopic (exact) mass is 386 g/mol. The number of thiophene rings is 1. The van der Waals surface area contributed by atoms with Crippen molar-refractivity contribution >= 4 is 34.2 Å². The van der Waals surface area contributed by atoms with Crippen molar-refractivity contribution in [1.82, 2.24) is 5.32 Å². The van der Waals surface area contributed by atoms with Gasteiger partial charge in [0.25, 0.3) is 5.91 Å². The zero-order valence-corrected chi connectivity index (χ0v) is 15.8. The third kappa shape index (κ3) is 4.14. The fraction of sp³-hybridized carbons (Fsp3) is 0.400. The van der Waals surface area contributed by atoms with Gasteiger partial charge < -0.3 is 19.8 Å². The van der Waals surface area contributed by atoms with Crippen molar-refractivity contribution in [2.24, 2.45) is 0 Å². The average Bonchev–Trinajstić information content (AvgIpc) is 3.43. The minimum absolute atomic E-state index is 0.0925. The molecular weight excluding hydrogens is 364 g/mol. The lowest BCUT2D eigenvalue weighted by atomic mass is 10.1. The van der Waals surface area contributed by atoms with E-state index < -0.39 is 0 Å². The van der Waals surface area contributed by atoms with Gasteiger partial charge in [0.05, 0.1) is 17.9 Å². The number of fused-ring (bicyclic) bond motifs is 1. The third-order valence-corrected chi connectivity index (χ3v) is 6.05. The van der Waals surface area contributed by atoms with Crippen LogP contribution >= 0.6 is 11.3 Å². The van der Waals surface area contributed by atoms with E-state index in [1.807, 2.05) is 0 Å². The van der Waals surface area contributed by atoms with Crippen LogP contribution in [-0.4, -0.2) is 31.1 Å². The molecule has 1 atom stereocenters. The maximum atomic E-state index is 12.8. The molecule has 0 unspecified atom stereocenters. The lowest BCUT2D eigenvalue weighted by Crippen LogP contribution is -2.32. The Bertz CT molecular complexity index is 848. The zero-order chi connectivity index (χ0) is 18.6. The highest BCUT2D eigenvalue weighted by Gasteiger charge is 2.28. The van der Waals surface area contributed by atoms with Crippen LogP contribution in [0.15, 0.2) is 28.9 Å². The number of hydrogen-bond donors (Lipinski definition) is 2. The molecule has 0 bridgehead atoms. The van der Waals surface area contributed by atoms with Gasteiger partial charge in [-0.15, -0.1) is 11.3 Å². The van der Waals surface area contributed by atoms with Crippen LogP contribution in [-0.2, 0) is 22.4 Å². The van der Waals surface area contributed by atoms with Gasteiger partial charge in [-0.05, 0) is 55.9 Å². The molecule has 2 aliphatic rings. The van der Waals surface area contributed by atoms with E-state index >= 15 is 0 Å². The van der Waals surface area contributed by atoms with E-state index in [0.29, 0.717) is 22.9 Å². The number of nitrogens with one attached hydrogen (secondary N) is 2. The molecule has 142 valence electrons. The van der Waals surface area contributed by atoms with E-state index in [2.05, 4.69) is 10.6 Å². The van der Waals surface area contributed by atoms with Gasteiger partial charge in [0.15, 0.2) is 0 Å². The lowest BCUT2D eigenvalue weighted by molar-refractivity contribution is -0.111. The third-order valence-electron chi connectivity index (χ3n) is 4.84. The van der Waals surface area contributed by atoms with E-state index in [4.69, 9.17) is 9.15 Å². The molecule has 1 aliphatic carbocycles. The Morgan fingerprint density at radius 1 is 1.30 bits per heavy atom. The highest BCUT2D eigenvalue weighted by molar-refractivity contribution is 7.17. The average molecular weight is 386 g/mol. The molecule has 0 aromatic carbocycles. The van der Waals surface area contributed by atoms with Crippen LogP contribution in [0.1, 0.15) is 45.8 Å². The normalized spacial score (nSPS) is 18.7. The van der Waals surface area contributed by atoms with E-state index in [0.717, 1.165) is 44.3 Å². The summed E-state index contributed by atoms with van der Waals surface area (Å²) in [6.45, 7) is 1.27. The molecular formula is C20H22N2O4S. The summed E-state index contributed by atoms with van der Waals surface area (Å²) < 4.78 is 10.8. The molecule has 2 amide bonds. The molecule has 2 aromatic rings. The minimum atomic E-state index is -0.278. The van der Waals surface area contributed by atoms with Crippen LogP contribution in [0.5, 0.6) is 0 Å². The quantitative estimate of drug-likeness (QED) is 0.746. The van der Waals surface area contributed by atoms with Gasteiger partial charge in [0.2, 0.25) is 5.91 Å². The molecule has 2 N–H and O–H groups in total. The molecule has 4 rings (SSSR count). The SMILES string of the molecule is O=C(/C=C/c1ccco1)Nc1sc2c(c1C(=O)NC[C@H]1CCCO1)CCC2. The van der Waals surface area contributed by atoms with E-state index in [9.17, 15) is 9.59 Å². The molecule has 6 nitrogen and oxygen atoms in total. The standard InChI is InChI=1S/C20H22N2O4S/c23-17(9-8-13-4-2-10-25-13)22-20-18(15-6-1-7-16(15)27-20)19(24)21-12-14-5-3-11-26-14/h2,4,8-10,14H,1,3,5-7,11-12H2,(H,21,24)(H,22,23)/b9-8+/t14-/m1/s1. The first-order chi connectivity index (χ1) is 13.2. The Morgan fingerprint density at radius 3 is 3.00 bits per heavy atom. The van der Waals surface area contributed by atoms with Crippen molar-refractivity contribution in [3.63, 3.8) is 0 Å². The number of anilines is 1. The second-order valence-electron chi connectivity index (χ2n) is 6.74. The predicted molar refractivity (Wildman–Crippen MR) is 104 cm³/mol. The summed E-state index contributed by atoms with van der Waals surface area (Å²) in [5.74, 6) is 0.197. The number of rotatable bonds is 6. The summed E-state index contributed by atoms with van der Waals surface area (Å²) in [6.07, 6.45) is 9.58. The second kappa shape index (κ2) is 8.10. The summed E-state index contributed by atoms with van der Waals surface area (Å²) in [5, 5.41) is 6.48. The van der Waals surface area contributed by atoms with Crippen molar-refractivity contribution in [2.75, 3.05) is 18.5 Å². The van der Waals surface area contributed by atoms with E-state index in [1.165, 1.54) is 22.3 Å². The predicted octanol–water partition coefficient (Wildman–Crippen LogP) is 3.39. The number of furan rings is 1. The van der Waals surface area contributed by atoms with Crippen molar-refractivity contribution in [2.45, 2.75) is 38.2 Å². The summed E-state index contributed by atoms with van der Waals surface area (Å²) in [7, 11) is 0. The van der Waals surface area contributed by atoms with Crippen molar-refractivity contribution < 1.29 is 18.7 Å². The Morgan fingerprint density at radius 2 is 2.22 bits per heavy atom. The summed E-state index contributed by atoms with van der Waals surface area (Å²) in [6, 6.07) is 3.53. The van der Waals surface area contributed by atoms with Crippen molar-refractivity contribution in [1.29, 1.82) is 0 Å². The zero-order valence-electron chi connectivity index (χ0n) is 15.0. The fourth-order valence-electron chi connectivity index (χ4n) is 3.53. The molecule has 3 heterocycles. The van der Waals surface area contributed by atoms with Gasteiger partial charge in [-0.3, -0.25) is 9.59 Å². The Kier molecular flexibility index (Phi) is 5.40. The Hall–Kier alpha value is -2.38. The molecule has 0 spiro atoms. The molecule has 0 saturated carbocycles. The van der Waals surface area contributed by atoms with Gasteiger partial charge in [0, 0.05) is 24.1 Å². The first-order valence-electron chi connectivity index (χ1n) is 9.27. The van der Waals surface area contributed by atoms with Gasteiger partial charge in [-0.2, -0.15) is 0 Å². The molecule has 1 aliphatic heterocycles. The van der Waals surface area contributed by atoms with Crippen LogP contribution in [0, 0.1) is 0 Å². The van der Waals surface area contributed by atoms with E-state index in [1.54, 1.807) is 24.5 Å². The summed E-state index contributed by atoms with van der Waals surface area (Å²) in [4.78, 5) is 26.3. The molecule has 1 fully saturated rings. The molecule has 7 heteroatoms. The molecule has 1 saturated heterocycles. The van der Waals surface area contributed by atoms with Gasteiger partial charge in [0.1, 0.15) is 10.8 Å². The largest absolute Gasteiger partial charge is 0.465 e.